The number of sulfonamides is 1. The van der Waals surface area contributed by atoms with Crippen molar-refractivity contribution in [2.24, 2.45) is 0 Å². The Hall–Kier alpha value is -2.73. The van der Waals surface area contributed by atoms with Crippen LogP contribution in [0, 0.1) is 11.3 Å². The Bertz CT molecular complexity index is 977. The van der Waals surface area contributed by atoms with Crippen molar-refractivity contribution in [1.29, 1.82) is 5.26 Å². The van der Waals surface area contributed by atoms with E-state index in [0.717, 1.165) is 5.56 Å². The first-order valence-electron chi connectivity index (χ1n) is 9.46. The SMILES string of the molecule is C[C@@H](C(=O)Nc1ccc(C#N)cc1)N1CCN(S(=O)(=O)Cc2ccccc2)CC1. The maximum Gasteiger partial charge on any atom is 0.241 e. The zero-order valence-corrected chi connectivity index (χ0v) is 17.1. The quantitative estimate of drug-likeness (QED) is 0.784. The second-order valence-electron chi connectivity index (χ2n) is 7.03. The lowest BCUT2D eigenvalue weighted by atomic mass is 10.2. The highest BCUT2D eigenvalue weighted by atomic mass is 32.2. The standard InChI is InChI=1S/C21H24N4O3S/c1-17(21(26)23-20-9-7-18(15-22)8-10-20)24-11-13-25(14-12-24)29(27,28)16-19-5-3-2-4-6-19/h2-10,17H,11-14,16H2,1H3,(H,23,26)/t17-/m0/s1. The van der Waals surface area contributed by atoms with Crippen LogP contribution in [0.1, 0.15) is 18.1 Å². The molecule has 0 saturated carbocycles. The minimum absolute atomic E-state index is 0.0113. The maximum absolute atomic E-state index is 12.7. The summed E-state index contributed by atoms with van der Waals surface area (Å²) >= 11 is 0. The van der Waals surface area contributed by atoms with Gasteiger partial charge in [-0.15, -0.1) is 0 Å². The van der Waals surface area contributed by atoms with Crippen LogP contribution in [-0.2, 0) is 20.6 Å². The van der Waals surface area contributed by atoms with Crippen LogP contribution in [0.5, 0.6) is 0 Å². The van der Waals surface area contributed by atoms with Gasteiger partial charge in [0.05, 0.1) is 23.4 Å². The van der Waals surface area contributed by atoms with E-state index in [1.54, 1.807) is 24.3 Å². The van der Waals surface area contributed by atoms with Gasteiger partial charge in [-0.2, -0.15) is 9.57 Å². The molecule has 3 rings (SSSR count). The van der Waals surface area contributed by atoms with Gasteiger partial charge in [0.15, 0.2) is 0 Å². The topological polar surface area (TPSA) is 93.5 Å². The van der Waals surface area contributed by atoms with E-state index >= 15 is 0 Å². The van der Waals surface area contributed by atoms with Crippen molar-refractivity contribution in [3.05, 3.63) is 65.7 Å². The number of hydrogen-bond donors (Lipinski definition) is 1. The molecular weight excluding hydrogens is 388 g/mol. The number of carbonyl (C=O) groups is 1. The van der Waals surface area contributed by atoms with Gasteiger partial charge in [0.25, 0.3) is 0 Å². The summed E-state index contributed by atoms with van der Waals surface area (Å²) in [5.41, 5.74) is 1.93. The lowest BCUT2D eigenvalue weighted by molar-refractivity contribution is -0.121. The number of nitrogens with zero attached hydrogens (tertiary/aromatic N) is 3. The zero-order valence-electron chi connectivity index (χ0n) is 16.3. The monoisotopic (exact) mass is 412 g/mol. The lowest BCUT2D eigenvalue weighted by Gasteiger charge is -2.36. The number of rotatable bonds is 6. The molecule has 1 aliphatic heterocycles. The molecule has 0 unspecified atom stereocenters. The molecule has 1 amide bonds. The van der Waals surface area contributed by atoms with Crippen molar-refractivity contribution in [2.75, 3.05) is 31.5 Å². The summed E-state index contributed by atoms with van der Waals surface area (Å²) in [5.74, 6) is -0.168. The fraction of sp³-hybridized carbons (Fsp3) is 0.333. The number of carbonyl (C=O) groups excluding carboxylic acids is 1. The molecule has 0 radical (unpaired) electrons. The van der Waals surface area contributed by atoms with E-state index in [0.29, 0.717) is 37.4 Å². The Labute approximate surface area is 171 Å². The van der Waals surface area contributed by atoms with Crippen molar-refractivity contribution in [3.63, 3.8) is 0 Å². The molecular formula is C21H24N4O3S. The Balaban J connectivity index is 1.53. The molecule has 1 saturated heterocycles. The predicted octanol–water partition coefficient (Wildman–Crippen LogP) is 2.03. The smallest absolute Gasteiger partial charge is 0.241 e. The summed E-state index contributed by atoms with van der Waals surface area (Å²) in [4.78, 5) is 14.5. The van der Waals surface area contributed by atoms with Gasteiger partial charge >= 0.3 is 0 Å². The van der Waals surface area contributed by atoms with E-state index < -0.39 is 10.0 Å². The van der Waals surface area contributed by atoms with Gasteiger partial charge in [-0.25, -0.2) is 8.42 Å². The molecule has 2 aromatic carbocycles. The van der Waals surface area contributed by atoms with E-state index in [1.165, 1.54) is 4.31 Å². The Kier molecular flexibility index (Phi) is 6.64. The van der Waals surface area contributed by atoms with Gasteiger partial charge in [-0.1, -0.05) is 30.3 Å². The van der Waals surface area contributed by atoms with Gasteiger partial charge in [0.2, 0.25) is 15.9 Å². The molecule has 2 aromatic rings. The third-order valence-corrected chi connectivity index (χ3v) is 6.92. The van der Waals surface area contributed by atoms with Gasteiger partial charge in [-0.3, -0.25) is 9.69 Å². The van der Waals surface area contributed by atoms with Gasteiger partial charge < -0.3 is 5.32 Å². The largest absolute Gasteiger partial charge is 0.325 e. The van der Waals surface area contributed by atoms with E-state index in [2.05, 4.69) is 5.32 Å². The van der Waals surface area contributed by atoms with Crippen molar-refractivity contribution >= 4 is 21.6 Å². The van der Waals surface area contributed by atoms with E-state index in [9.17, 15) is 13.2 Å². The Morgan fingerprint density at radius 3 is 2.28 bits per heavy atom. The molecule has 1 fully saturated rings. The number of piperazine rings is 1. The van der Waals surface area contributed by atoms with E-state index in [4.69, 9.17) is 5.26 Å². The summed E-state index contributed by atoms with van der Waals surface area (Å²) in [7, 11) is -3.38. The fourth-order valence-electron chi connectivity index (χ4n) is 3.29. The average molecular weight is 413 g/mol. The van der Waals surface area contributed by atoms with Crippen LogP contribution in [0.4, 0.5) is 5.69 Å². The van der Waals surface area contributed by atoms with E-state index in [-0.39, 0.29) is 17.7 Å². The molecule has 8 heteroatoms. The van der Waals surface area contributed by atoms with Crippen LogP contribution in [0.3, 0.4) is 0 Å². The minimum atomic E-state index is -3.38. The second kappa shape index (κ2) is 9.18. The first-order chi connectivity index (χ1) is 13.9. The zero-order chi connectivity index (χ0) is 20.9. The highest BCUT2D eigenvalue weighted by Gasteiger charge is 2.30. The normalized spacial score (nSPS) is 16.7. The van der Waals surface area contributed by atoms with Crippen LogP contribution < -0.4 is 5.32 Å². The molecule has 0 spiro atoms. The molecule has 7 nitrogen and oxygen atoms in total. The first kappa shape index (κ1) is 21.0. The third kappa shape index (κ3) is 5.41. The minimum Gasteiger partial charge on any atom is -0.325 e. The van der Waals surface area contributed by atoms with Gasteiger partial charge in [-0.05, 0) is 36.8 Å². The van der Waals surface area contributed by atoms with Crippen LogP contribution in [0.2, 0.25) is 0 Å². The van der Waals surface area contributed by atoms with Crippen LogP contribution in [0.25, 0.3) is 0 Å². The van der Waals surface area contributed by atoms with Crippen molar-refractivity contribution in [2.45, 2.75) is 18.7 Å². The second-order valence-corrected chi connectivity index (χ2v) is 9.00. The highest BCUT2D eigenvalue weighted by molar-refractivity contribution is 7.88. The average Bonchev–Trinajstić information content (AvgIpc) is 2.74. The van der Waals surface area contributed by atoms with Gasteiger partial charge in [0, 0.05) is 31.9 Å². The molecule has 0 aromatic heterocycles. The third-order valence-electron chi connectivity index (χ3n) is 5.07. The predicted molar refractivity (Wildman–Crippen MR) is 111 cm³/mol. The Morgan fingerprint density at radius 1 is 1.07 bits per heavy atom. The van der Waals surface area contributed by atoms with Crippen LogP contribution >= 0.6 is 0 Å². The number of anilines is 1. The molecule has 1 atom stereocenters. The molecule has 152 valence electrons. The first-order valence-corrected chi connectivity index (χ1v) is 11.1. The molecule has 1 aliphatic rings. The van der Waals surface area contributed by atoms with Crippen molar-refractivity contribution < 1.29 is 13.2 Å². The molecule has 29 heavy (non-hydrogen) atoms. The van der Waals surface area contributed by atoms with E-state index in [1.807, 2.05) is 48.2 Å². The number of nitrogens with one attached hydrogen (secondary N) is 1. The summed E-state index contributed by atoms with van der Waals surface area (Å²) in [5, 5.41) is 11.7. The number of benzene rings is 2. The fourth-order valence-corrected chi connectivity index (χ4v) is 4.80. The summed E-state index contributed by atoms with van der Waals surface area (Å²) < 4.78 is 26.8. The van der Waals surface area contributed by atoms with Gasteiger partial charge in [0.1, 0.15) is 0 Å². The number of hydrogen-bond acceptors (Lipinski definition) is 5. The Morgan fingerprint density at radius 2 is 1.69 bits per heavy atom. The number of amides is 1. The number of nitriles is 1. The summed E-state index contributed by atoms with van der Waals surface area (Å²) in [6, 6.07) is 17.5. The van der Waals surface area contributed by atoms with Crippen LogP contribution in [-0.4, -0.2) is 55.8 Å². The van der Waals surface area contributed by atoms with Crippen molar-refractivity contribution in [1.82, 2.24) is 9.21 Å². The molecule has 0 aliphatic carbocycles. The van der Waals surface area contributed by atoms with Crippen LogP contribution in [0.15, 0.2) is 54.6 Å². The maximum atomic E-state index is 12.7. The molecule has 1 heterocycles. The molecule has 1 N–H and O–H groups in total. The molecule has 0 bridgehead atoms. The lowest BCUT2D eigenvalue weighted by Crippen LogP contribution is -2.54. The highest BCUT2D eigenvalue weighted by Crippen LogP contribution is 2.16. The summed E-state index contributed by atoms with van der Waals surface area (Å²) in [6.07, 6.45) is 0. The summed E-state index contributed by atoms with van der Waals surface area (Å²) in [6.45, 7) is 3.53. The van der Waals surface area contributed by atoms with Crippen molar-refractivity contribution in [3.8, 4) is 6.07 Å².